The van der Waals surface area contributed by atoms with Gasteiger partial charge in [-0.1, -0.05) is 11.6 Å². The number of carboxylic acid groups (broad SMARTS) is 2. The molecule has 1 heterocycles. The number of carbonyl (C=O) groups is 4. The van der Waals surface area contributed by atoms with Crippen LogP contribution in [0.25, 0.3) is 0 Å². The third-order valence-electron chi connectivity index (χ3n) is 4.40. The normalized spacial score (nSPS) is 12.5. The van der Waals surface area contributed by atoms with E-state index in [9.17, 15) is 28.0 Å². The summed E-state index contributed by atoms with van der Waals surface area (Å²) >= 11 is 10.6. The third kappa shape index (κ3) is 6.77. The molecule has 1 aliphatic rings. The van der Waals surface area contributed by atoms with Crippen molar-refractivity contribution in [3.63, 3.8) is 0 Å². The van der Waals surface area contributed by atoms with Gasteiger partial charge < -0.3 is 21.7 Å². The fourth-order valence-electron chi connectivity index (χ4n) is 2.38. The van der Waals surface area contributed by atoms with Crippen molar-refractivity contribution in [2.45, 2.75) is 26.7 Å². The maximum atomic E-state index is 13.0. The number of carbonyl (C=O) groups excluding carboxylic acids is 2. The van der Waals surface area contributed by atoms with Crippen LogP contribution in [0.4, 0.5) is 20.2 Å². The molecule has 0 atom stereocenters. The van der Waals surface area contributed by atoms with Crippen LogP contribution in [0, 0.1) is 25.5 Å². The molecule has 0 aromatic heterocycles. The number of benzene rings is 2. The number of amides is 2. The molecule has 0 bridgehead atoms. The van der Waals surface area contributed by atoms with E-state index >= 15 is 0 Å². The second-order valence-corrected chi connectivity index (χ2v) is 7.32. The van der Waals surface area contributed by atoms with Gasteiger partial charge in [0.15, 0.2) is 0 Å². The standard InChI is InChI=1S/C8H7ClFNO2.C8H8FNO2.C4H4ClNO2/c1-3-6(10)5(9)2-4(7(3)11)8(12)13;1-4-6(9)3-2-5(7(4)10)8(11)12;5-6-3(7)1-2-4(6)8/h2H,11H2,1H3,(H,12,13);2-3H,10H2,1H3,(H,11,12);1-2H2. The van der Waals surface area contributed by atoms with Gasteiger partial charge >= 0.3 is 11.9 Å². The minimum Gasteiger partial charge on any atom is -0.478 e. The first-order valence-electron chi connectivity index (χ1n) is 8.97. The van der Waals surface area contributed by atoms with Crippen molar-refractivity contribution in [2.24, 2.45) is 0 Å². The van der Waals surface area contributed by atoms with Crippen LogP contribution in [0.3, 0.4) is 0 Å². The third-order valence-corrected chi connectivity index (χ3v) is 5.06. The SMILES string of the molecule is Cc1c(F)ccc(C(=O)O)c1N.Cc1c(N)c(C(=O)O)cc(Cl)c1F.O=C1CCC(=O)N1Cl. The van der Waals surface area contributed by atoms with Gasteiger partial charge in [-0.3, -0.25) is 9.59 Å². The highest BCUT2D eigenvalue weighted by atomic mass is 35.5. The number of carboxylic acids is 2. The second kappa shape index (κ2) is 11.4. The summed E-state index contributed by atoms with van der Waals surface area (Å²) in [4.78, 5) is 41.8. The van der Waals surface area contributed by atoms with Crippen molar-refractivity contribution in [1.29, 1.82) is 0 Å². The molecular formula is C20H19Cl2F2N3O6. The van der Waals surface area contributed by atoms with Crippen LogP contribution in [0.2, 0.25) is 5.02 Å². The summed E-state index contributed by atoms with van der Waals surface area (Å²) in [6, 6.07) is 3.25. The fourth-order valence-corrected chi connectivity index (χ4v) is 2.80. The summed E-state index contributed by atoms with van der Waals surface area (Å²) in [5, 5.41) is 17.0. The van der Waals surface area contributed by atoms with Gasteiger partial charge in [-0.25, -0.2) is 18.4 Å². The average molecular weight is 506 g/mol. The smallest absolute Gasteiger partial charge is 0.337 e. The van der Waals surface area contributed by atoms with E-state index in [4.69, 9.17) is 45.1 Å². The van der Waals surface area contributed by atoms with E-state index in [1.165, 1.54) is 13.8 Å². The number of nitrogen functional groups attached to an aromatic ring is 2. The van der Waals surface area contributed by atoms with Crippen molar-refractivity contribution >= 4 is 58.5 Å². The van der Waals surface area contributed by atoms with Crippen LogP contribution in [-0.2, 0) is 9.59 Å². The molecule has 3 rings (SSSR count). The monoisotopic (exact) mass is 505 g/mol. The van der Waals surface area contributed by atoms with Crippen LogP contribution >= 0.6 is 23.4 Å². The maximum absolute atomic E-state index is 13.0. The Morgan fingerprint density at radius 2 is 1.39 bits per heavy atom. The van der Waals surface area contributed by atoms with Gasteiger partial charge in [-0.05, 0) is 32.0 Å². The summed E-state index contributed by atoms with van der Waals surface area (Å²) in [6.45, 7) is 2.82. The van der Waals surface area contributed by atoms with Gasteiger partial charge in [0.05, 0.1) is 27.5 Å². The van der Waals surface area contributed by atoms with E-state index < -0.39 is 23.6 Å². The Balaban J connectivity index is 0.000000254. The minimum absolute atomic E-state index is 0.0116. The number of hydrogen-bond donors (Lipinski definition) is 4. The molecule has 2 amide bonds. The average Bonchev–Trinajstić information content (AvgIpc) is 3.04. The Kier molecular flexibility index (Phi) is 9.56. The first-order valence-corrected chi connectivity index (χ1v) is 9.69. The highest BCUT2D eigenvalue weighted by molar-refractivity contribution is 6.32. The first-order chi connectivity index (χ1) is 15.2. The van der Waals surface area contributed by atoms with Crippen molar-refractivity contribution in [1.82, 2.24) is 4.42 Å². The number of nitrogens with zero attached hydrogens (tertiary/aromatic N) is 1. The van der Waals surface area contributed by atoms with Crippen molar-refractivity contribution < 1.29 is 38.2 Å². The number of aromatic carboxylic acids is 2. The molecule has 0 unspecified atom stereocenters. The summed E-state index contributed by atoms with van der Waals surface area (Å²) < 4.78 is 26.4. The van der Waals surface area contributed by atoms with Crippen LogP contribution in [0.1, 0.15) is 44.7 Å². The van der Waals surface area contributed by atoms with Gasteiger partial charge in [0.25, 0.3) is 0 Å². The molecule has 33 heavy (non-hydrogen) atoms. The number of anilines is 2. The van der Waals surface area contributed by atoms with Crippen LogP contribution < -0.4 is 11.5 Å². The number of hydrogen-bond acceptors (Lipinski definition) is 6. The molecule has 1 saturated heterocycles. The van der Waals surface area contributed by atoms with E-state index in [-0.39, 0.29) is 63.3 Å². The van der Waals surface area contributed by atoms with Crippen LogP contribution in [-0.4, -0.2) is 38.4 Å². The van der Waals surface area contributed by atoms with Gasteiger partial charge in [0.2, 0.25) is 11.8 Å². The van der Waals surface area contributed by atoms with Crippen LogP contribution in [0.15, 0.2) is 18.2 Å². The molecule has 0 radical (unpaired) electrons. The largest absolute Gasteiger partial charge is 0.478 e. The predicted molar refractivity (Wildman–Crippen MR) is 117 cm³/mol. The van der Waals surface area contributed by atoms with E-state index in [1.807, 2.05) is 0 Å². The lowest BCUT2D eigenvalue weighted by Crippen LogP contribution is -2.16. The number of halogens is 4. The molecule has 1 aliphatic heterocycles. The number of nitrogens with two attached hydrogens (primary N) is 2. The maximum Gasteiger partial charge on any atom is 0.337 e. The van der Waals surface area contributed by atoms with E-state index in [1.54, 1.807) is 0 Å². The van der Waals surface area contributed by atoms with Crippen molar-refractivity contribution in [2.75, 3.05) is 11.5 Å². The topological polar surface area (TPSA) is 164 Å². The Labute approximate surface area is 196 Å². The molecule has 9 nitrogen and oxygen atoms in total. The summed E-state index contributed by atoms with van der Waals surface area (Å²) in [5.74, 6) is -4.12. The molecular weight excluding hydrogens is 487 g/mol. The Morgan fingerprint density at radius 1 is 0.939 bits per heavy atom. The highest BCUT2D eigenvalue weighted by Gasteiger charge is 2.26. The van der Waals surface area contributed by atoms with Gasteiger partial charge in [0, 0.05) is 35.7 Å². The zero-order chi connectivity index (χ0) is 25.6. The molecule has 0 aliphatic carbocycles. The zero-order valence-corrected chi connectivity index (χ0v) is 18.8. The minimum atomic E-state index is -1.22. The Bertz CT molecular complexity index is 1110. The zero-order valence-electron chi connectivity index (χ0n) is 17.3. The summed E-state index contributed by atoms with van der Waals surface area (Å²) in [5.41, 5.74) is 10.6. The van der Waals surface area contributed by atoms with E-state index in [2.05, 4.69) is 0 Å². The molecule has 13 heteroatoms. The number of rotatable bonds is 2. The van der Waals surface area contributed by atoms with Gasteiger partial charge in [-0.15, -0.1) is 0 Å². The molecule has 6 N–H and O–H groups in total. The van der Waals surface area contributed by atoms with Crippen LogP contribution in [0.5, 0.6) is 0 Å². The molecule has 2 aromatic carbocycles. The first kappa shape index (κ1) is 27.6. The number of imide groups is 1. The van der Waals surface area contributed by atoms with Gasteiger partial charge in [0.1, 0.15) is 11.6 Å². The quantitative estimate of drug-likeness (QED) is 0.272. The summed E-state index contributed by atoms with van der Waals surface area (Å²) in [6.07, 6.45) is 0.532. The highest BCUT2D eigenvalue weighted by Crippen LogP contribution is 2.26. The molecule has 1 fully saturated rings. The van der Waals surface area contributed by atoms with Gasteiger partial charge in [-0.2, -0.15) is 4.42 Å². The second-order valence-electron chi connectivity index (χ2n) is 6.57. The predicted octanol–water partition coefficient (Wildman–Crippen LogP) is 3.77. The fraction of sp³-hybridized carbons (Fsp3) is 0.200. The molecule has 2 aromatic rings. The Morgan fingerprint density at radius 3 is 1.79 bits per heavy atom. The molecule has 178 valence electrons. The van der Waals surface area contributed by atoms with E-state index in [0.29, 0.717) is 4.42 Å². The molecule has 0 saturated carbocycles. The summed E-state index contributed by atoms with van der Waals surface area (Å²) in [7, 11) is 0. The van der Waals surface area contributed by atoms with Crippen molar-refractivity contribution in [3.8, 4) is 0 Å². The van der Waals surface area contributed by atoms with Crippen molar-refractivity contribution in [3.05, 3.63) is 57.1 Å². The lowest BCUT2D eigenvalue weighted by atomic mass is 10.1. The lowest BCUT2D eigenvalue weighted by molar-refractivity contribution is -0.132. The lowest BCUT2D eigenvalue weighted by Gasteiger charge is -2.06. The Hall–Kier alpha value is -3.44. The van der Waals surface area contributed by atoms with E-state index in [0.717, 1.165) is 18.2 Å². The molecule has 0 spiro atoms.